The summed E-state index contributed by atoms with van der Waals surface area (Å²) in [5.74, 6) is 0.0283. The monoisotopic (exact) mass is 155 g/mol. The summed E-state index contributed by atoms with van der Waals surface area (Å²) < 4.78 is 25.8. The summed E-state index contributed by atoms with van der Waals surface area (Å²) in [5.41, 5.74) is -0.0809. The lowest BCUT2D eigenvalue weighted by Crippen LogP contribution is -1.85. The van der Waals surface area contributed by atoms with Gasteiger partial charge in [0.15, 0.2) is 11.5 Å². The second kappa shape index (κ2) is 3.05. The van der Waals surface area contributed by atoms with Crippen molar-refractivity contribution in [1.29, 1.82) is 1.43 Å². The number of rotatable bonds is 3. The molecule has 0 atom stereocenters. The third-order valence-electron chi connectivity index (χ3n) is 1.19. The SMILES string of the molecule is [2H]Oc1ccc(C([2H])=O)c([2H])c1OC. The number of benzene rings is 1. The summed E-state index contributed by atoms with van der Waals surface area (Å²) in [5, 5.41) is 4.18. The van der Waals surface area contributed by atoms with Crippen LogP contribution in [0.15, 0.2) is 18.2 Å². The van der Waals surface area contributed by atoms with E-state index in [0.29, 0.717) is 0 Å². The highest BCUT2D eigenvalue weighted by molar-refractivity contribution is 5.76. The lowest BCUT2D eigenvalue weighted by molar-refractivity contribution is 0.112. The lowest BCUT2D eigenvalue weighted by atomic mass is 10.2. The highest BCUT2D eigenvalue weighted by Crippen LogP contribution is 2.25. The molecule has 1 aromatic rings. The van der Waals surface area contributed by atoms with Gasteiger partial charge in [0.1, 0.15) is 7.63 Å². The average molecular weight is 155 g/mol. The highest BCUT2D eigenvalue weighted by atomic mass is 16.5. The zero-order valence-electron chi connectivity index (χ0n) is 8.88. The summed E-state index contributed by atoms with van der Waals surface area (Å²) >= 11 is 0. The molecule has 1 N–H and O–H groups in total. The van der Waals surface area contributed by atoms with Gasteiger partial charge in [-0.25, -0.2) is 0 Å². The van der Waals surface area contributed by atoms with Crippen molar-refractivity contribution in [3.63, 3.8) is 0 Å². The van der Waals surface area contributed by atoms with E-state index in [0.717, 1.165) is 0 Å². The van der Waals surface area contributed by atoms with E-state index in [-0.39, 0.29) is 23.1 Å². The van der Waals surface area contributed by atoms with Gasteiger partial charge in [-0.1, -0.05) is 0 Å². The molecule has 58 valence electrons. The molecule has 0 unspecified atom stereocenters. The van der Waals surface area contributed by atoms with Gasteiger partial charge in [-0.3, -0.25) is 4.79 Å². The van der Waals surface area contributed by atoms with E-state index in [9.17, 15) is 4.79 Å². The Morgan fingerprint density at radius 3 is 3.27 bits per heavy atom. The van der Waals surface area contributed by atoms with Gasteiger partial charge in [-0.05, 0) is 18.2 Å². The van der Waals surface area contributed by atoms with Gasteiger partial charge in [-0.2, -0.15) is 0 Å². The Hall–Kier alpha value is -1.51. The third-order valence-corrected chi connectivity index (χ3v) is 1.19. The molecular formula is C8H8O3. The molecule has 0 saturated heterocycles. The van der Waals surface area contributed by atoms with Gasteiger partial charge < -0.3 is 9.85 Å². The number of phenols is 1. The van der Waals surface area contributed by atoms with Crippen molar-refractivity contribution in [1.82, 2.24) is 0 Å². The maximum atomic E-state index is 10.7. The van der Waals surface area contributed by atoms with Crippen LogP contribution in [-0.4, -0.2) is 19.9 Å². The molecule has 0 spiro atoms. The van der Waals surface area contributed by atoms with E-state index < -0.39 is 6.26 Å². The molecule has 0 aliphatic rings. The van der Waals surface area contributed by atoms with Crippen LogP contribution in [0, 0.1) is 0 Å². The Morgan fingerprint density at radius 1 is 1.91 bits per heavy atom. The van der Waals surface area contributed by atoms with Gasteiger partial charge in [0.2, 0.25) is 0 Å². The second-order valence-corrected chi connectivity index (χ2v) is 1.87. The molecule has 0 bridgehead atoms. The Morgan fingerprint density at radius 2 is 2.73 bits per heavy atom. The van der Waals surface area contributed by atoms with Crippen LogP contribution in [0.25, 0.3) is 0 Å². The Balaban J connectivity index is 3.34. The summed E-state index contributed by atoms with van der Waals surface area (Å²) in [7, 11) is 1.30. The molecule has 11 heavy (non-hydrogen) atoms. The average Bonchev–Trinajstić information content (AvgIpc) is 2.16. The summed E-state index contributed by atoms with van der Waals surface area (Å²) in [6, 6.07) is 2.33. The molecule has 0 radical (unpaired) electrons. The first-order valence-electron chi connectivity index (χ1n) is 4.34. The van der Waals surface area contributed by atoms with Gasteiger partial charge in [0.05, 0.1) is 8.48 Å². The fourth-order valence-corrected chi connectivity index (χ4v) is 0.671. The number of carbonyl (C=O) groups is 1. The van der Waals surface area contributed by atoms with Crippen LogP contribution in [-0.2, 0) is 0 Å². The van der Waals surface area contributed by atoms with Crippen molar-refractivity contribution in [2.24, 2.45) is 0 Å². The molecule has 3 nitrogen and oxygen atoms in total. The van der Waals surface area contributed by atoms with E-state index in [1.165, 1.54) is 19.2 Å². The summed E-state index contributed by atoms with van der Waals surface area (Å²) in [6.45, 7) is 0. The van der Waals surface area contributed by atoms with Crippen LogP contribution in [0.3, 0.4) is 0 Å². The molecule has 0 aromatic heterocycles. The molecule has 0 heterocycles. The van der Waals surface area contributed by atoms with Crippen LogP contribution in [0.2, 0.25) is 0 Å². The molecule has 3 heteroatoms. The maximum Gasteiger partial charge on any atom is 0.293 e. The quantitative estimate of drug-likeness (QED) is 0.667. The minimum Gasteiger partial charge on any atom is -0.504 e. The number of phenolic OH excluding ortho intramolecular Hbond substituents is 1. The molecule has 0 fully saturated rings. The molecule has 0 amide bonds. The van der Waals surface area contributed by atoms with Crippen LogP contribution in [0.5, 0.6) is 11.5 Å². The van der Waals surface area contributed by atoms with E-state index in [2.05, 4.69) is 5.11 Å². The topological polar surface area (TPSA) is 46.5 Å². The predicted octanol–water partition coefficient (Wildman–Crippen LogP) is 1.21. The van der Waals surface area contributed by atoms with Crippen LogP contribution in [0.1, 0.15) is 13.1 Å². The zero-order chi connectivity index (χ0) is 10.7. The first-order chi connectivity index (χ1) is 6.61. The first kappa shape index (κ1) is 4.38. The molecule has 0 saturated carbocycles. The number of hydrogen-bond donors (Lipinski definition) is 1. The van der Waals surface area contributed by atoms with Crippen molar-refractivity contribution >= 4 is 6.26 Å². The molecule has 1 rings (SSSR count). The number of methoxy groups -OCH3 is 1. The van der Waals surface area contributed by atoms with Crippen molar-refractivity contribution in [2.45, 2.75) is 0 Å². The van der Waals surface area contributed by atoms with Gasteiger partial charge in [-0.15, -0.1) is 0 Å². The number of aromatic hydroxyl groups is 1. The number of aldehydes is 1. The van der Waals surface area contributed by atoms with Crippen molar-refractivity contribution in [3.8, 4) is 11.5 Å². The fourth-order valence-electron chi connectivity index (χ4n) is 0.671. The number of carbonyl (C=O) groups excluding carboxylic acids is 1. The number of hydrogen-bond acceptors (Lipinski definition) is 3. The van der Waals surface area contributed by atoms with Crippen molar-refractivity contribution in [2.75, 3.05) is 7.11 Å². The van der Waals surface area contributed by atoms with Crippen LogP contribution < -0.4 is 4.74 Å². The Labute approximate surface area is 68.5 Å². The van der Waals surface area contributed by atoms with Crippen molar-refractivity contribution in [3.05, 3.63) is 23.7 Å². The minimum atomic E-state index is -0.968. The minimum absolute atomic E-state index is 0.0156. The fraction of sp³-hybridized carbons (Fsp3) is 0.125. The van der Waals surface area contributed by atoms with E-state index in [1.54, 1.807) is 0 Å². The Kier molecular flexibility index (Phi) is 1.22. The number of ether oxygens (including phenoxy) is 1. The van der Waals surface area contributed by atoms with Crippen LogP contribution >= 0.6 is 0 Å². The van der Waals surface area contributed by atoms with Crippen LogP contribution in [0.4, 0.5) is 0 Å². The predicted molar refractivity (Wildman–Crippen MR) is 40.0 cm³/mol. The highest BCUT2D eigenvalue weighted by Gasteiger charge is 2.00. The third kappa shape index (κ3) is 1.49. The Bertz CT molecular complexity index is 365. The molecule has 0 aliphatic carbocycles. The normalized spacial score (nSPS) is 12.6. The van der Waals surface area contributed by atoms with Gasteiger partial charge in [0.25, 0.3) is 1.43 Å². The maximum absolute atomic E-state index is 10.7. The standard InChI is InChI=1S/C8H8O3/c1-11-8-4-6(5-9)2-3-7(8)10/h2-5,10H,1H3/i4D,5D/hD. The van der Waals surface area contributed by atoms with E-state index in [4.69, 9.17) is 8.91 Å². The summed E-state index contributed by atoms with van der Waals surface area (Å²) in [4.78, 5) is 10.7. The molecular weight excluding hydrogens is 144 g/mol. The summed E-state index contributed by atoms with van der Waals surface area (Å²) in [6.07, 6.45) is -0.968. The smallest absolute Gasteiger partial charge is 0.293 e. The van der Waals surface area contributed by atoms with Gasteiger partial charge >= 0.3 is 0 Å². The molecule has 1 aromatic carbocycles. The van der Waals surface area contributed by atoms with Crippen molar-refractivity contribution < 1.29 is 17.4 Å². The second-order valence-electron chi connectivity index (χ2n) is 1.87. The van der Waals surface area contributed by atoms with E-state index in [1.807, 2.05) is 0 Å². The lowest BCUT2D eigenvalue weighted by Gasteiger charge is -2.01. The largest absolute Gasteiger partial charge is 0.504 e. The zero-order valence-corrected chi connectivity index (χ0v) is 5.88. The molecule has 0 aliphatic heterocycles. The van der Waals surface area contributed by atoms with Gasteiger partial charge in [0, 0.05) is 5.56 Å². The van der Waals surface area contributed by atoms with E-state index >= 15 is 0 Å². The first-order valence-corrected chi connectivity index (χ1v) is 2.93.